The minimum Gasteiger partial charge on any atom is -0.496 e. The van der Waals surface area contributed by atoms with E-state index in [0.717, 1.165) is 10.5 Å². The summed E-state index contributed by atoms with van der Waals surface area (Å²) in [7, 11) is 2.98. The third-order valence-corrected chi connectivity index (χ3v) is 4.95. The van der Waals surface area contributed by atoms with Crippen LogP contribution in [-0.2, 0) is 9.53 Å². The molecule has 0 spiro atoms. The molecule has 0 saturated carbocycles. The van der Waals surface area contributed by atoms with E-state index in [9.17, 15) is 14.4 Å². The molecule has 0 aliphatic heterocycles. The number of Topliss-reactive ketones (excluding diaryl/α,β-unsaturated/α-hetero) is 1. The number of thioether (sulfide) groups is 1. The summed E-state index contributed by atoms with van der Waals surface area (Å²) < 4.78 is 15.7. The van der Waals surface area contributed by atoms with Crippen molar-refractivity contribution in [2.75, 3.05) is 32.4 Å². The van der Waals surface area contributed by atoms with Crippen LogP contribution in [0, 0.1) is 6.92 Å². The van der Waals surface area contributed by atoms with Gasteiger partial charge in [0, 0.05) is 22.9 Å². The van der Waals surface area contributed by atoms with Gasteiger partial charge in [0.2, 0.25) is 5.91 Å². The number of ether oxygens (including phenoxy) is 3. The first-order chi connectivity index (χ1) is 13.8. The van der Waals surface area contributed by atoms with Gasteiger partial charge in [-0.1, -0.05) is 6.07 Å². The summed E-state index contributed by atoms with van der Waals surface area (Å²) in [5, 5.41) is 2.69. The Morgan fingerprint density at radius 1 is 1.00 bits per heavy atom. The van der Waals surface area contributed by atoms with E-state index in [1.54, 1.807) is 25.1 Å². The third-order valence-electron chi connectivity index (χ3n) is 4.15. The molecule has 0 atom stereocenters. The number of ketones is 1. The molecule has 2 aromatic carbocycles. The number of benzene rings is 2. The Morgan fingerprint density at radius 3 is 2.14 bits per heavy atom. The number of anilines is 1. The Kier molecular flexibility index (Phi) is 7.67. The van der Waals surface area contributed by atoms with Crippen LogP contribution in [0.1, 0.15) is 33.2 Å². The summed E-state index contributed by atoms with van der Waals surface area (Å²) in [5.74, 6) is -0.328. The Balaban J connectivity index is 2.15. The second-order valence-corrected chi connectivity index (χ2v) is 6.95. The van der Waals surface area contributed by atoms with E-state index >= 15 is 0 Å². The number of carbonyl (C=O) groups excluding carboxylic acids is 3. The van der Waals surface area contributed by atoms with E-state index in [-0.39, 0.29) is 17.3 Å². The van der Waals surface area contributed by atoms with Gasteiger partial charge < -0.3 is 19.5 Å². The molecule has 154 valence electrons. The summed E-state index contributed by atoms with van der Waals surface area (Å²) in [5.41, 5.74) is 1.84. The molecule has 2 rings (SSSR count). The minimum atomic E-state index is -0.669. The first kappa shape index (κ1) is 22.3. The first-order valence-electron chi connectivity index (χ1n) is 8.69. The molecule has 7 nitrogen and oxygen atoms in total. The zero-order valence-electron chi connectivity index (χ0n) is 17.0. The number of carbonyl (C=O) groups is 3. The second kappa shape index (κ2) is 9.97. The average molecular weight is 417 g/mol. The standard InChI is InChI=1S/C21H23NO6S/c1-12-18(26-3)9-15(10-19(12)27-4)21(25)28-11-17(24)14-6-7-20(29-5)16(8-14)22-13(2)23/h6-10H,11H2,1-5H3,(H,22,23). The van der Waals surface area contributed by atoms with Gasteiger partial charge in [-0.05, 0) is 37.4 Å². The highest BCUT2D eigenvalue weighted by Crippen LogP contribution is 2.30. The monoisotopic (exact) mass is 417 g/mol. The van der Waals surface area contributed by atoms with E-state index in [0.29, 0.717) is 22.7 Å². The van der Waals surface area contributed by atoms with Crippen LogP contribution >= 0.6 is 11.8 Å². The lowest BCUT2D eigenvalue weighted by Crippen LogP contribution is -2.15. The van der Waals surface area contributed by atoms with Crippen LogP contribution in [0.2, 0.25) is 0 Å². The summed E-state index contributed by atoms with van der Waals surface area (Å²) in [6.45, 7) is 2.77. The first-order valence-corrected chi connectivity index (χ1v) is 9.91. The molecule has 0 fully saturated rings. The summed E-state index contributed by atoms with van der Waals surface area (Å²) in [6.07, 6.45) is 1.87. The van der Waals surface area contributed by atoms with E-state index < -0.39 is 12.6 Å². The fraction of sp³-hybridized carbons (Fsp3) is 0.286. The molecule has 29 heavy (non-hydrogen) atoms. The van der Waals surface area contributed by atoms with Crippen LogP contribution in [0.5, 0.6) is 11.5 Å². The molecule has 2 aromatic rings. The molecule has 0 saturated heterocycles. The van der Waals surface area contributed by atoms with Crippen molar-refractivity contribution in [3.05, 3.63) is 47.0 Å². The highest BCUT2D eigenvalue weighted by atomic mass is 32.2. The van der Waals surface area contributed by atoms with Gasteiger partial charge in [0.05, 0.1) is 25.5 Å². The molecule has 0 aliphatic carbocycles. The third kappa shape index (κ3) is 5.51. The van der Waals surface area contributed by atoms with Crippen LogP contribution < -0.4 is 14.8 Å². The molecular weight excluding hydrogens is 394 g/mol. The number of hydrogen-bond acceptors (Lipinski definition) is 7. The van der Waals surface area contributed by atoms with Crippen LogP contribution in [-0.4, -0.2) is 44.7 Å². The SMILES string of the molecule is COc1cc(C(=O)OCC(=O)c2ccc(SC)c(NC(C)=O)c2)cc(OC)c1C. The van der Waals surface area contributed by atoms with E-state index in [1.807, 2.05) is 6.26 Å². The quantitative estimate of drug-likeness (QED) is 0.397. The number of amides is 1. The largest absolute Gasteiger partial charge is 0.496 e. The topological polar surface area (TPSA) is 90.9 Å². The molecule has 0 bridgehead atoms. The number of esters is 1. The zero-order valence-corrected chi connectivity index (χ0v) is 17.8. The van der Waals surface area contributed by atoms with Crippen molar-refractivity contribution in [1.29, 1.82) is 0 Å². The maximum atomic E-state index is 12.5. The molecule has 0 aliphatic rings. The van der Waals surface area contributed by atoms with Crippen molar-refractivity contribution in [1.82, 2.24) is 0 Å². The van der Waals surface area contributed by atoms with Gasteiger partial charge in [-0.15, -0.1) is 11.8 Å². The van der Waals surface area contributed by atoms with Gasteiger partial charge in [0.25, 0.3) is 0 Å². The van der Waals surface area contributed by atoms with Gasteiger partial charge >= 0.3 is 5.97 Å². The number of nitrogens with one attached hydrogen (secondary N) is 1. The van der Waals surface area contributed by atoms with Gasteiger partial charge in [-0.25, -0.2) is 4.79 Å². The lowest BCUT2D eigenvalue weighted by molar-refractivity contribution is -0.114. The maximum absolute atomic E-state index is 12.5. The van der Waals surface area contributed by atoms with Gasteiger partial charge in [-0.3, -0.25) is 9.59 Å². The highest BCUT2D eigenvalue weighted by molar-refractivity contribution is 7.98. The molecule has 0 aromatic heterocycles. The van der Waals surface area contributed by atoms with Crippen molar-refractivity contribution in [2.24, 2.45) is 0 Å². The van der Waals surface area contributed by atoms with Gasteiger partial charge in [-0.2, -0.15) is 0 Å². The molecule has 0 heterocycles. The number of rotatable bonds is 8. The van der Waals surface area contributed by atoms with Gasteiger partial charge in [0.1, 0.15) is 11.5 Å². The van der Waals surface area contributed by atoms with Crippen LogP contribution in [0.3, 0.4) is 0 Å². The Morgan fingerprint density at radius 2 is 1.62 bits per heavy atom. The second-order valence-electron chi connectivity index (χ2n) is 6.10. The summed E-state index contributed by atoms with van der Waals surface area (Å²) in [6, 6.07) is 8.01. The van der Waals surface area contributed by atoms with E-state index in [2.05, 4.69) is 5.32 Å². The predicted molar refractivity (Wildman–Crippen MR) is 111 cm³/mol. The van der Waals surface area contributed by atoms with Crippen LogP contribution in [0.25, 0.3) is 0 Å². The van der Waals surface area contributed by atoms with E-state index in [4.69, 9.17) is 14.2 Å². The Bertz CT molecular complexity index is 916. The fourth-order valence-corrected chi connectivity index (χ4v) is 3.20. The lowest BCUT2D eigenvalue weighted by Gasteiger charge is -2.13. The van der Waals surface area contributed by atoms with Crippen molar-refractivity contribution in [3.63, 3.8) is 0 Å². The molecule has 1 N–H and O–H groups in total. The Hall–Kier alpha value is -3.00. The summed E-state index contributed by atoms with van der Waals surface area (Å²) in [4.78, 5) is 37.1. The molecule has 1 amide bonds. The maximum Gasteiger partial charge on any atom is 0.338 e. The smallest absolute Gasteiger partial charge is 0.338 e. The average Bonchev–Trinajstić information content (AvgIpc) is 2.71. The normalized spacial score (nSPS) is 10.2. The molecule has 0 unspecified atom stereocenters. The number of hydrogen-bond donors (Lipinski definition) is 1. The summed E-state index contributed by atoms with van der Waals surface area (Å²) >= 11 is 1.45. The van der Waals surface area contributed by atoms with Crippen molar-refractivity contribution in [3.8, 4) is 11.5 Å². The van der Waals surface area contributed by atoms with Crippen molar-refractivity contribution < 1.29 is 28.6 Å². The van der Waals surface area contributed by atoms with Gasteiger partial charge in [0.15, 0.2) is 12.4 Å². The van der Waals surface area contributed by atoms with Crippen LogP contribution in [0.4, 0.5) is 5.69 Å². The molecule has 8 heteroatoms. The zero-order chi connectivity index (χ0) is 21.6. The lowest BCUT2D eigenvalue weighted by atomic mass is 10.1. The van der Waals surface area contributed by atoms with Crippen molar-refractivity contribution >= 4 is 35.1 Å². The highest BCUT2D eigenvalue weighted by Gasteiger charge is 2.17. The minimum absolute atomic E-state index is 0.216. The van der Waals surface area contributed by atoms with Crippen molar-refractivity contribution in [2.45, 2.75) is 18.7 Å². The number of methoxy groups -OCH3 is 2. The molecular formula is C21H23NO6S. The fourth-order valence-electron chi connectivity index (χ4n) is 2.67. The van der Waals surface area contributed by atoms with Crippen LogP contribution in [0.15, 0.2) is 35.2 Å². The predicted octanol–water partition coefficient (Wildman–Crippen LogP) is 3.73. The molecule has 0 radical (unpaired) electrons. The van der Waals surface area contributed by atoms with E-state index in [1.165, 1.54) is 45.0 Å². The Labute approximate surface area is 173 Å².